The van der Waals surface area contributed by atoms with Crippen molar-refractivity contribution in [3.05, 3.63) is 11.1 Å². The normalized spacial score (nSPS) is 18.0. The standard InChI is InChI=1S/C7H11NO2/c1-5-4-8-7(10)6(5)2-3-9/h9H,2-4H2,1H3,(H,8,10). The molecular formula is C7H11NO2. The van der Waals surface area contributed by atoms with E-state index in [1.807, 2.05) is 6.92 Å². The number of carbonyl (C=O) groups excluding carboxylic acids is 1. The van der Waals surface area contributed by atoms with Gasteiger partial charge in [-0.25, -0.2) is 0 Å². The summed E-state index contributed by atoms with van der Waals surface area (Å²) in [5.41, 5.74) is 1.81. The highest BCUT2D eigenvalue weighted by molar-refractivity contribution is 5.96. The Labute approximate surface area is 59.7 Å². The lowest BCUT2D eigenvalue weighted by Gasteiger charge is -1.95. The molecule has 2 N–H and O–H groups in total. The molecule has 3 heteroatoms. The van der Waals surface area contributed by atoms with E-state index in [2.05, 4.69) is 5.32 Å². The van der Waals surface area contributed by atoms with Crippen LogP contribution in [0.3, 0.4) is 0 Å². The minimum atomic E-state index is -0.0217. The van der Waals surface area contributed by atoms with Crippen LogP contribution < -0.4 is 5.32 Å². The van der Waals surface area contributed by atoms with Crippen molar-refractivity contribution in [1.29, 1.82) is 0 Å². The Balaban J connectivity index is 2.68. The lowest BCUT2D eigenvalue weighted by Crippen LogP contribution is -2.17. The minimum Gasteiger partial charge on any atom is -0.396 e. The zero-order chi connectivity index (χ0) is 7.56. The summed E-state index contributed by atoms with van der Waals surface area (Å²) in [5.74, 6) is -0.0217. The van der Waals surface area contributed by atoms with Crippen molar-refractivity contribution in [2.24, 2.45) is 0 Å². The molecule has 0 atom stereocenters. The number of aliphatic hydroxyl groups excluding tert-OH is 1. The van der Waals surface area contributed by atoms with Crippen molar-refractivity contribution in [2.45, 2.75) is 13.3 Å². The van der Waals surface area contributed by atoms with Crippen molar-refractivity contribution in [3.63, 3.8) is 0 Å². The zero-order valence-electron chi connectivity index (χ0n) is 5.98. The van der Waals surface area contributed by atoms with Gasteiger partial charge in [-0.1, -0.05) is 0 Å². The zero-order valence-corrected chi connectivity index (χ0v) is 5.98. The van der Waals surface area contributed by atoms with Crippen LogP contribution in [0.4, 0.5) is 0 Å². The van der Waals surface area contributed by atoms with Crippen LogP contribution in [0.2, 0.25) is 0 Å². The quantitative estimate of drug-likeness (QED) is 0.560. The van der Waals surface area contributed by atoms with Gasteiger partial charge < -0.3 is 10.4 Å². The molecule has 1 heterocycles. The fraction of sp³-hybridized carbons (Fsp3) is 0.571. The van der Waals surface area contributed by atoms with Crippen LogP contribution in [-0.4, -0.2) is 24.2 Å². The van der Waals surface area contributed by atoms with E-state index < -0.39 is 0 Å². The van der Waals surface area contributed by atoms with Crippen LogP contribution in [-0.2, 0) is 4.79 Å². The van der Waals surface area contributed by atoms with Gasteiger partial charge in [0.1, 0.15) is 0 Å². The molecule has 1 rings (SSSR count). The first-order chi connectivity index (χ1) is 4.75. The van der Waals surface area contributed by atoms with E-state index in [0.717, 1.165) is 11.1 Å². The van der Waals surface area contributed by atoms with Gasteiger partial charge in [0.2, 0.25) is 5.91 Å². The Bertz CT molecular complexity index is 184. The molecule has 3 nitrogen and oxygen atoms in total. The Hall–Kier alpha value is -0.830. The maximum atomic E-state index is 10.9. The molecule has 1 aliphatic heterocycles. The Morgan fingerprint density at radius 1 is 1.70 bits per heavy atom. The lowest BCUT2D eigenvalue weighted by atomic mass is 10.1. The number of hydrogen-bond acceptors (Lipinski definition) is 2. The van der Waals surface area contributed by atoms with E-state index in [4.69, 9.17) is 5.11 Å². The molecule has 0 unspecified atom stereocenters. The molecule has 0 aromatic carbocycles. The van der Waals surface area contributed by atoms with Gasteiger partial charge in [-0.3, -0.25) is 4.79 Å². The van der Waals surface area contributed by atoms with E-state index in [0.29, 0.717) is 13.0 Å². The van der Waals surface area contributed by atoms with Crippen LogP contribution in [0, 0.1) is 0 Å². The summed E-state index contributed by atoms with van der Waals surface area (Å²) >= 11 is 0. The van der Waals surface area contributed by atoms with Crippen molar-refractivity contribution in [3.8, 4) is 0 Å². The van der Waals surface area contributed by atoms with Gasteiger partial charge in [-0.05, 0) is 12.5 Å². The molecule has 0 radical (unpaired) electrons. The van der Waals surface area contributed by atoms with Crippen LogP contribution in [0.5, 0.6) is 0 Å². The van der Waals surface area contributed by atoms with Crippen molar-refractivity contribution >= 4 is 5.91 Å². The largest absolute Gasteiger partial charge is 0.396 e. The molecule has 0 spiro atoms. The second-order valence-electron chi connectivity index (χ2n) is 2.42. The van der Waals surface area contributed by atoms with Gasteiger partial charge in [-0.15, -0.1) is 0 Å². The van der Waals surface area contributed by atoms with Crippen molar-refractivity contribution in [1.82, 2.24) is 5.32 Å². The first-order valence-corrected chi connectivity index (χ1v) is 3.33. The number of aliphatic hydroxyl groups is 1. The van der Waals surface area contributed by atoms with Crippen molar-refractivity contribution < 1.29 is 9.90 Å². The van der Waals surface area contributed by atoms with Crippen LogP contribution in [0.1, 0.15) is 13.3 Å². The van der Waals surface area contributed by atoms with E-state index >= 15 is 0 Å². The summed E-state index contributed by atoms with van der Waals surface area (Å²) < 4.78 is 0. The van der Waals surface area contributed by atoms with Gasteiger partial charge in [0.05, 0.1) is 0 Å². The molecule has 56 valence electrons. The number of rotatable bonds is 2. The molecule has 10 heavy (non-hydrogen) atoms. The van der Waals surface area contributed by atoms with E-state index in [9.17, 15) is 4.79 Å². The predicted octanol–water partition coefficient (Wildman–Crippen LogP) is -0.185. The predicted molar refractivity (Wildman–Crippen MR) is 37.4 cm³/mol. The molecule has 0 bridgehead atoms. The maximum absolute atomic E-state index is 10.9. The maximum Gasteiger partial charge on any atom is 0.247 e. The number of carbonyl (C=O) groups is 1. The summed E-state index contributed by atoms with van der Waals surface area (Å²) in [6.45, 7) is 2.61. The highest BCUT2D eigenvalue weighted by Crippen LogP contribution is 2.12. The molecule has 0 aromatic rings. The SMILES string of the molecule is CC1=C(CCO)C(=O)NC1. The summed E-state index contributed by atoms with van der Waals surface area (Å²) in [7, 11) is 0. The fourth-order valence-corrected chi connectivity index (χ4v) is 1.06. The van der Waals surface area contributed by atoms with Crippen molar-refractivity contribution in [2.75, 3.05) is 13.2 Å². The molecule has 0 aliphatic carbocycles. The third-order valence-corrected chi connectivity index (χ3v) is 1.67. The first kappa shape index (κ1) is 7.28. The molecular weight excluding hydrogens is 130 g/mol. The molecule has 1 amide bonds. The lowest BCUT2D eigenvalue weighted by molar-refractivity contribution is -0.116. The summed E-state index contributed by atoms with van der Waals surface area (Å²) in [6.07, 6.45) is 0.484. The van der Waals surface area contributed by atoms with Crippen LogP contribution in [0.25, 0.3) is 0 Å². The van der Waals surface area contributed by atoms with Gasteiger partial charge in [-0.2, -0.15) is 0 Å². The second kappa shape index (κ2) is 2.84. The summed E-state index contributed by atoms with van der Waals surface area (Å²) in [4.78, 5) is 10.9. The van der Waals surface area contributed by atoms with Gasteiger partial charge in [0.25, 0.3) is 0 Å². The molecule has 0 fully saturated rings. The molecule has 0 saturated heterocycles. The highest BCUT2D eigenvalue weighted by atomic mass is 16.3. The topological polar surface area (TPSA) is 49.3 Å². The van der Waals surface area contributed by atoms with E-state index in [1.165, 1.54) is 0 Å². The fourth-order valence-electron chi connectivity index (χ4n) is 1.06. The summed E-state index contributed by atoms with van der Waals surface area (Å²) in [5, 5.41) is 11.2. The number of hydrogen-bond donors (Lipinski definition) is 2. The van der Waals surface area contributed by atoms with Gasteiger partial charge in [0, 0.05) is 25.1 Å². The number of nitrogens with one attached hydrogen (secondary N) is 1. The third kappa shape index (κ3) is 1.19. The average Bonchev–Trinajstić information content (AvgIpc) is 2.20. The van der Waals surface area contributed by atoms with E-state index in [1.54, 1.807) is 0 Å². The summed E-state index contributed by atoms with van der Waals surface area (Å²) in [6, 6.07) is 0. The molecule has 0 saturated carbocycles. The first-order valence-electron chi connectivity index (χ1n) is 3.33. The molecule has 0 aromatic heterocycles. The molecule has 1 aliphatic rings. The average molecular weight is 141 g/mol. The third-order valence-electron chi connectivity index (χ3n) is 1.67. The Morgan fingerprint density at radius 2 is 2.40 bits per heavy atom. The Morgan fingerprint density at radius 3 is 2.80 bits per heavy atom. The van der Waals surface area contributed by atoms with E-state index in [-0.39, 0.29) is 12.5 Å². The van der Waals surface area contributed by atoms with Crippen LogP contribution in [0.15, 0.2) is 11.1 Å². The van der Waals surface area contributed by atoms with Gasteiger partial charge >= 0.3 is 0 Å². The Kier molecular flexibility index (Phi) is 2.06. The highest BCUT2D eigenvalue weighted by Gasteiger charge is 2.17. The van der Waals surface area contributed by atoms with Crippen LogP contribution >= 0.6 is 0 Å². The van der Waals surface area contributed by atoms with Gasteiger partial charge in [0.15, 0.2) is 0 Å². The smallest absolute Gasteiger partial charge is 0.247 e. The monoisotopic (exact) mass is 141 g/mol. The minimum absolute atomic E-state index is 0.0217. The number of amides is 1. The second-order valence-corrected chi connectivity index (χ2v) is 2.42.